The van der Waals surface area contributed by atoms with E-state index in [9.17, 15) is 14.4 Å². The summed E-state index contributed by atoms with van der Waals surface area (Å²) in [6.45, 7) is 5.87. The highest BCUT2D eigenvalue weighted by Gasteiger charge is 2.37. The van der Waals surface area contributed by atoms with Crippen LogP contribution in [0.4, 0.5) is 0 Å². The van der Waals surface area contributed by atoms with Crippen LogP contribution in [-0.4, -0.2) is 59.6 Å². The topological polar surface area (TPSA) is 72.9 Å². The van der Waals surface area contributed by atoms with E-state index in [0.29, 0.717) is 14.0 Å². The van der Waals surface area contributed by atoms with Crippen LogP contribution in [0.5, 0.6) is 0 Å². The van der Waals surface area contributed by atoms with Crippen molar-refractivity contribution in [2.45, 2.75) is 19.0 Å². The van der Waals surface area contributed by atoms with E-state index in [1.807, 2.05) is 4.86 Å². The Morgan fingerprint density at radius 3 is 2.81 bits per heavy atom. The summed E-state index contributed by atoms with van der Waals surface area (Å²) >= 11 is 2.09. The van der Waals surface area contributed by atoms with Crippen LogP contribution < -0.4 is 0 Å². The summed E-state index contributed by atoms with van der Waals surface area (Å²) in [6.07, 6.45) is 0.285. The molecule has 1 aliphatic heterocycles. The molecule has 1 heterocycles. The van der Waals surface area contributed by atoms with E-state index < -0.39 is 5.97 Å². The number of amides is 2. The highest BCUT2D eigenvalue weighted by atomic mass is 127. The minimum Gasteiger partial charge on any atom is -0.460 e. The number of nitrogens with zero attached hydrogens (tertiary/aromatic N) is 1. The van der Waals surface area contributed by atoms with E-state index >= 15 is 0 Å². The number of esters is 1. The fourth-order valence-corrected chi connectivity index (χ4v) is 3.74. The van der Waals surface area contributed by atoms with Gasteiger partial charge in [-0.2, -0.15) is 22.4 Å². The fourth-order valence-electron chi connectivity index (χ4n) is 1.70. The van der Waals surface area contributed by atoms with Gasteiger partial charge in [0, 0.05) is 12.0 Å². The van der Waals surface area contributed by atoms with Gasteiger partial charge in [0.15, 0.2) is 0 Å². The molecule has 1 rings (SSSR count). The van der Waals surface area contributed by atoms with Gasteiger partial charge in [-0.25, -0.2) is 4.79 Å². The summed E-state index contributed by atoms with van der Waals surface area (Å²) in [4.78, 5) is 37.9. The van der Waals surface area contributed by atoms with Gasteiger partial charge in [-0.3, -0.25) is 14.5 Å². The smallest absolute Gasteiger partial charge is 0.333 e. The summed E-state index contributed by atoms with van der Waals surface area (Å²) in [5, 5.41) is 0. The van der Waals surface area contributed by atoms with Crippen LogP contribution in [0.15, 0.2) is 12.2 Å². The molecular formula is C12H17BINO5P. The zero-order valence-corrected chi connectivity index (χ0v) is 14.9. The molecule has 9 heteroatoms. The Morgan fingerprint density at radius 1 is 1.48 bits per heavy atom. The Balaban J connectivity index is 2.18. The molecule has 0 aromatic rings. The Hall–Kier alpha value is -0.465. The average molecular weight is 424 g/mol. The summed E-state index contributed by atoms with van der Waals surface area (Å²) in [7, 11) is 0.364. The minimum atomic E-state index is -0.456. The number of halogens is 1. The van der Waals surface area contributed by atoms with Crippen LogP contribution in [-0.2, 0) is 23.9 Å². The molecule has 6 nitrogen and oxygen atoms in total. The number of imide groups is 1. The van der Waals surface area contributed by atoms with Crippen molar-refractivity contribution in [3.8, 4) is 0 Å². The molecule has 1 radical (unpaired) electrons. The number of hydrogen-bond donors (Lipinski definition) is 0. The van der Waals surface area contributed by atoms with E-state index in [-0.39, 0.29) is 50.3 Å². The van der Waals surface area contributed by atoms with Crippen molar-refractivity contribution >= 4 is 53.5 Å². The van der Waals surface area contributed by atoms with Crippen molar-refractivity contribution < 1.29 is 23.9 Å². The quantitative estimate of drug-likeness (QED) is 0.105. The summed E-state index contributed by atoms with van der Waals surface area (Å²) in [5.74, 6) is -0.723. The molecule has 0 aromatic carbocycles. The zero-order chi connectivity index (χ0) is 15.8. The number of carbonyl (C=O) groups excluding carboxylic acids is 3. The number of carbonyl (C=O) groups is 3. The first-order chi connectivity index (χ1) is 9.97. The Bertz CT molecular complexity index is 434. The maximum Gasteiger partial charge on any atom is 0.333 e. The van der Waals surface area contributed by atoms with E-state index in [4.69, 9.17) is 9.47 Å². The molecule has 0 bridgehead atoms. The van der Waals surface area contributed by atoms with Gasteiger partial charge in [-0.1, -0.05) is 6.58 Å². The Labute approximate surface area is 139 Å². The van der Waals surface area contributed by atoms with Crippen LogP contribution in [0.25, 0.3) is 0 Å². The van der Waals surface area contributed by atoms with Crippen molar-refractivity contribution in [2.75, 3.05) is 26.4 Å². The summed E-state index contributed by atoms with van der Waals surface area (Å²) < 4.78 is 10.1. The molecule has 2 amide bonds. The summed E-state index contributed by atoms with van der Waals surface area (Å²) in [6, 6.07) is 0. The first kappa shape index (κ1) is 18.6. The lowest BCUT2D eigenvalue weighted by molar-refractivity contribution is -0.140. The SMILES string of the molecule is C=C(C)C(=O)OCCOCCN1C(=O)CC(P[B]I)C1=O. The number of ether oxygens (including phenoxy) is 2. The first-order valence-corrected chi connectivity index (χ1v) is 8.80. The number of rotatable bonds is 9. The van der Waals surface area contributed by atoms with Crippen molar-refractivity contribution in [3.05, 3.63) is 12.2 Å². The third-order valence-electron chi connectivity index (χ3n) is 2.78. The van der Waals surface area contributed by atoms with Crippen molar-refractivity contribution in [1.82, 2.24) is 4.90 Å². The molecule has 0 spiro atoms. The van der Waals surface area contributed by atoms with Gasteiger partial charge in [0.25, 0.3) is 0 Å². The first-order valence-electron chi connectivity index (χ1n) is 6.40. The standard InChI is InChI=1S/C12H17BINO5P/c1-8(2)12(18)20-6-5-19-4-3-15-10(16)7-9(11(15)17)21-13-14/h9,21H,1,3-7H2,2H3. The normalized spacial score (nSPS) is 18.6. The number of hydrogen-bond acceptors (Lipinski definition) is 5. The highest BCUT2D eigenvalue weighted by Crippen LogP contribution is 2.29. The van der Waals surface area contributed by atoms with Gasteiger partial charge in [-0.05, 0) is 6.92 Å². The van der Waals surface area contributed by atoms with Crippen LogP contribution in [0.1, 0.15) is 13.3 Å². The molecule has 0 aliphatic carbocycles. The third kappa shape index (κ3) is 6.04. The lowest BCUT2D eigenvalue weighted by Gasteiger charge is -2.14. The van der Waals surface area contributed by atoms with Crippen LogP contribution in [0.3, 0.4) is 0 Å². The predicted molar refractivity (Wildman–Crippen MR) is 89.8 cm³/mol. The molecule has 1 aliphatic rings. The maximum atomic E-state index is 11.9. The Kier molecular flexibility index (Phi) is 8.43. The van der Waals surface area contributed by atoms with E-state index in [1.54, 1.807) is 6.92 Å². The average Bonchev–Trinajstić information content (AvgIpc) is 2.69. The maximum absolute atomic E-state index is 11.9. The largest absolute Gasteiger partial charge is 0.460 e. The Morgan fingerprint density at radius 2 is 2.19 bits per heavy atom. The van der Waals surface area contributed by atoms with Gasteiger partial charge in [0.05, 0.1) is 25.4 Å². The lowest BCUT2D eigenvalue weighted by Crippen LogP contribution is -2.34. The van der Waals surface area contributed by atoms with E-state index in [2.05, 4.69) is 29.0 Å². The molecule has 0 N–H and O–H groups in total. The molecule has 1 saturated heterocycles. The second-order valence-corrected chi connectivity index (χ2v) is 7.56. The van der Waals surface area contributed by atoms with Gasteiger partial charge < -0.3 is 9.47 Å². The zero-order valence-electron chi connectivity index (χ0n) is 11.8. The molecule has 1 fully saturated rings. The van der Waals surface area contributed by atoms with Crippen LogP contribution >= 0.6 is 30.8 Å². The molecule has 0 saturated carbocycles. The fraction of sp³-hybridized carbons (Fsp3) is 0.583. The van der Waals surface area contributed by atoms with Crippen molar-refractivity contribution in [1.29, 1.82) is 0 Å². The highest BCUT2D eigenvalue weighted by molar-refractivity contribution is 14.1. The van der Waals surface area contributed by atoms with Gasteiger partial charge in [0.2, 0.25) is 16.7 Å². The molecule has 0 aromatic heterocycles. The minimum absolute atomic E-state index is 0.122. The van der Waals surface area contributed by atoms with Crippen molar-refractivity contribution in [3.63, 3.8) is 0 Å². The predicted octanol–water partition coefficient (Wildman–Crippen LogP) is 0.897. The molecule has 2 unspecified atom stereocenters. The van der Waals surface area contributed by atoms with Crippen molar-refractivity contribution in [2.24, 2.45) is 0 Å². The lowest BCUT2D eigenvalue weighted by atomic mass is 10.3. The monoisotopic (exact) mass is 424 g/mol. The molecular weight excluding hydrogens is 407 g/mol. The van der Waals surface area contributed by atoms with E-state index in [1.165, 1.54) is 4.90 Å². The summed E-state index contributed by atoms with van der Waals surface area (Å²) in [5.41, 5.74) is 0.133. The van der Waals surface area contributed by atoms with Crippen LogP contribution in [0, 0.1) is 0 Å². The molecule has 115 valence electrons. The number of likely N-dealkylation sites (tertiary alicyclic amines) is 1. The second-order valence-electron chi connectivity index (χ2n) is 4.44. The van der Waals surface area contributed by atoms with Crippen LogP contribution in [0.2, 0.25) is 0 Å². The third-order valence-corrected chi connectivity index (χ3v) is 4.83. The second kappa shape index (κ2) is 9.53. The van der Waals surface area contributed by atoms with Gasteiger partial charge >= 0.3 is 5.97 Å². The molecule has 21 heavy (non-hydrogen) atoms. The molecule has 2 atom stereocenters. The van der Waals surface area contributed by atoms with Gasteiger partial charge in [0.1, 0.15) is 6.61 Å². The van der Waals surface area contributed by atoms with E-state index in [0.717, 1.165) is 0 Å². The van der Waals surface area contributed by atoms with Gasteiger partial charge in [-0.15, -0.1) is 8.46 Å².